The van der Waals surface area contributed by atoms with Gasteiger partial charge in [-0.05, 0) is 24.3 Å². The van der Waals surface area contributed by atoms with Crippen LogP contribution < -0.4 is 5.32 Å². The van der Waals surface area contributed by atoms with Gasteiger partial charge in [0.15, 0.2) is 0 Å². The molecular weight excluding hydrogens is 251 g/mol. The number of benzene rings is 1. The topological polar surface area (TPSA) is 55.4 Å². The van der Waals surface area contributed by atoms with Gasteiger partial charge in [0, 0.05) is 5.56 Å². The lowest BCUT2D eigenvalue weighted by atomic mass is 10.1. The van der Waals surface area contributed by atoms with Crippen molar-refractivity contribution in [1.82, 2.24) is 5.32 Å². The minimum absolute atomic E-state index is 0.0342. The number of halogens is 3. The third kappa shape index (κ3) is 4.08. The zero-order valence-electron chi connectivity index (χ0n) is 9.38. The Kier molecular flexibility index (Phi) is 4.30. The maximum Gasteiger partial charge on any atom is 0.405 e. The van der Waals surface area contributed by atoms with E-state index in [9.17, 15) is 22.8 Å². The molecule has 98 valence electrons. The maximum absolute atomic E-state index is 11.9. The molecule has 0 bridgehead atoms. The molecule has 1 aromatic carbocycles. The highest BCUT2D eigenvalue weighted by atomic mass is 19.4. The smallest absolute Gasteiger partial charge is 0.405 e. The first kappa shape index (κ1) is 14.0. The highest BCUT2D eigenvalue weighted by Crippen LogP contribution is 2.13. The second-order valence-corrected chi connectivity index (χ2v) is 3.37. The zero-order valence-corrected chi connectivity index (χ0v) is 9.38. The minimum Gasteiger partial charge on any atom is -0.465 e. The molecule has 7 heteroatoms. The fourth-order valence-electron chi connectivity index (χ4n) is 1.16. The quantitative estimate of drug-likeness (QED) is 0.843. The average Bonchev–Trinajstić information content (AvgIpc) is 2.34. The summed E-state index contributed by atoms with van der Waals surface area (Å²) in [5.74, 6) is -1.44. The number of ether oxygens (including phenoxy) is 1. The molecule has 1 N–H and O–H groups in total. The van der Waals surface area contributed by atoms with E-state index in [0.717, 1.165) is 0 Å². The number of methoxy groups -OCH3 is 1. The van der Waals surface area contributed by atoms with Gasteiger partial charge in [0.2, 0.25) is 0 Å². The van der Waals surface area contributed by atoms with Gasteiger partial charge >= 0.3 is 12.1 Å². The maximum atomic E-state index is 11.9. The van der Waals surface area contributed by atoms with Crippen molar-refractivity contribution in [2.45, 2.75) is 6.18 Å². The highest BCUT2D eigenvalue weighted by molar-refractivity contribution is 5.96. The highest BCUT2D eigenvalue weighted by Gasteiger charge is 2.27. The summed E-state index contributed by atoms with van der Waals surface area (Å²) >= 11 is 0. The van der Waals surface area contributed by atoms with Crippen LogP contribution in [0.1, 0.15) is 20.7 Å². The van der Waals surface area contributed by atoms with Crippen LogP contribution in [-0.2, 0) is 4.74 Å². The van der Waals surface area contributed by atoms with Gasteiger partial charge < -0.3 is 10.1 Å². The van der Waals surface area contributed by atoms with Crippen molar-refractivity contribution in [3.63, 3.8) is 0 Å². The Balaban J connectivity index is 2.68. The number of rotatable bonds is 3. The summed E-state index contributed by atoms with van der Waals surface area (Å²) in [5.41, 5.74) is 0.247. The molecule has 0 heterocycles. The van der Waals surface area contributed by atoms with Crippen LogP contribution in [0.5, 0.6) is 0 Å². The lowest BCUT2D eigenvalue weighted by molar-refractivity contribution is -0.123. The molecule has 0 aliphatic heterocycles. The van der Waals surface area contributed by atoms with E-state index in [0.29, 0.717) is 0 Å². The van der Waals surface area contributed by atoms with Gasteiger partial charge in [-0.2, -0.15) is 13.2 Å². The van der Waals surface area contributed by atoms with E-state index in [2.05, 4.69) is 4.74 Å². The Hall–Kier alpha value is -2.05. The van der Waals surface area contributed by atoms with Crippen molar-refractivity contribution >= 4 is 11.9 Å². The molecular formula is C11H10F3NO3. The fourth-order valence-corrected chi connectivity index (χ4v) is 1.16. The Labute approximate surface area is 101 Å². The second-order valence-electron chi connectivity index (χ2n) is 3.37. The van der Waals surface area contributed by atoms with Crippen LogP contribution in [0.15, 0.2) is 24.3 Å². The molecule has 0 spiro atoms. The summed E-state index contributed by atoms with van der Waals surface area (Å²) in [6.45, 7) is -1.40. The molecule has 0 aromatic heterocycles. The third-order valence-corrected chi connectivity index (χ3v) is 2.02. The van der Waals surface area contributed by atoms with Crippen LogP contribution in [0.25, 0.3) is 0 Å². The third-order valence-electron chi connectivity index (χ3n) is 2.02. The van der Waals surface area contributed by atoms with Crippen LogP contribution in [0.4, 0.5) is 13.2 Å². The molecule has 0 aliphatic rings. The van der Waals surface area contributed by atoms with Crippen molar-refractivity contribution in [3.05, 3.63) is 35.4 Å². The van der Waals surface area contributed by atoms with Gasteiger partial charge in [-0.15, -0.1) is 0 Å². The number of carbonyl (C=O) groups excluding carboxylic acids is 2. The van der Waals surface area contributed by atoms with Crippen molar-refractivity contribution in [2.75, 3.05) is 13.7 Å². The molecule has 1 aromatic rings. The molecule has 0 aliphatic carbocycles. The van der Waals surface area contributed by atoms with E-state index < -0.39 is 24.6 Å². The van der Waals surface area contributed by atoms with E-state index in [1.165, 1.54) is 31.4 Å². The summed E-state index contributed by atoms with van der Waals surface area (Å²) in [4.78, 5) is 22.4. The monoisotopic (exact) mass is 261 g/mol. The van der Waals surface area contributed by atoms with Crippen LogP contribution >= 0.6 is 0 Å². The van der Waals surface area contributed by atoms with Gasteiger partial charge in [0.05, 0.1) is 12.7 Å². The number of hydrogen-bond donors (Lipinski definition) is 1. The molecule has 0 radical (unpaired) electrons. The lowest BCUT2D eigenvalue weighted by Crippen LogP contribution is -2.33. The van der Waals surface area contributed by atoms with Gasteiger partial charge in [-0.1, -0.05) is 0 Å². The van der Waals surface area contributed by atoms with Crippen molar-refractivity contribution in [1.29, 1.82) is 0 Å². The molecule has 1 rings (SSSR count). The number of carbonyl (C=O) groups is 2. The second kappa shape index (κ2) is 5.52. The van der Waals surface area contributed by atoms with Crippen LogP contribution in [0.2, 0.25) is 0 Å². The molecule has 0 unspecified atom stereocenters. The van der Waals surface area contributed by atoms with E-state index in [1.54, 1.807) is 5.32 Å². The van der Waals surface area contributed by atoms with Crippen molar-refractivity contribution < 1.29 is 27.5 Å². The summed E-state index contributed by atoms with van der Waals surface area (Å²) in [5, 5.41) is 1.72. The number of nitrogens with one attached hydrogen (secondary N) is 1. The molecule has 0 saturated carbocycles. The first-order valence-electron chi connectivity index (χ1n) is 4.87. The molecule has 0 fully saturated rings. The van der Waals surface area contributed by atoms with E-state index in [4.69, 9.17) is 0 Å². The number of hydrogen-bond acceptors (Lipinski definition) is 3. The SMILES string of the molecule is COC(=O)c1ccc(C(=O)NCC(F)(F)F)cc1. The zero-order chi connectivity index (χ0) is 13.8. The predicted octanol–water partition coefficient (Wildman–Crippen LogP) is 1.77. The van der Waals surface area contributed by atoms with E-state index in [-0.39, 0.29) is 11.1 Å². The Morgan fingerprint density at radius 2 is 1.67 bits per heavy atom. The Morgan fingerprint density at radius 1 is 1.17 bits per heavy atom. The van der Waals surface area contributed by atoms with Crippen LogP contribution in [0, 0.1) is 0 Å². The average molecular weight is 261 g/mol. The summed E-state index contributed by atoms with van der Waals surface area (Å²) in [7, 11) is 1.20. The van der Waals surface area contributed by atoms with Crippen LogP contribution in [0.3, 0.4) is 0 Å². The molecule has 0 atom stereocenters. The standard InChI is InChI=1S/C11H10F3NO3/c1-18-10(17)8-4-2-7(3-5-8)9(16)15-6-11(12,13)14/h2-5H,6H2,1H3,(H,15,16). The Bertz CT molecular complexity index is 440. The molecule has 4 nitrogen and oxygen atoms in total. The minimum atomic E-state index is -4.46. The first-order valence-corrected chi connectivity index (χ1v) is 4.87. The van der Waals surface area contributed by atoms with Crippen LogP contribution in [-0.4, -0.2) is 31.7 Å². The van der Waals surface area contributed by atoms with E-state index in [1.807, 2.05) is 0 Å². The fraction of sp³-hybridized carbons (Fsp3) is 0.273. The molecule has 0 saturated heterocycles. The van der Waals surface area contributed by atoms with E-state index >= 15 is 0 Å². The van der Waals surface area contributed by atoms with Gasteiger partial charge in [0.25, 0.3) is 5.91 Å². The summed E-state index contributed by atoms with van der Waals surface area (Å²) in [6.07, 6.45) is -4.46. The van der Waals surface area contributed by atoms with Gasteiger partial charge in [0.1, 0.15) is 6.54 Å². The predicted molar refractivity (Wildman–Crippen MR) is 56.2 cm³/mol. The number of alkyl halides is 3. The summed E-state index contributed by atoms with van der Waals surface area (Å²) < 4.78 is 40.1. The van der Waals surface area contributed by atoms with Gasteiger partial charge in [-0.25, -0.2) is 4.79 Å². The number of esters is 1. The normalized spacial score (nSPS) is 10.9. The largest absolute Gasteiger partial charge is 0.465 e. The lowest BCUT2D eigenvalue weighted by Gasteiger charge is -2.08. The molecule has 1 amide bonds. The summed E-state index contributed by atoms with van der Waals surface area (Å²) in [6, 6.07) is 5.10. The Morgan fingerprint density at radius 3 is 2.11 bits per heavy atom. The number of amides is 1. The van der Waals surface area contributed by atoms with Crippen molar-refractivity contribution in [2.24, 2.45) is 0 Å². The molecule has 18 heavy (non-hydrogen) atoms. The first-order chi connectivity index (χ1) is 8.33. The van der Waals surface area contributed by atoms with Crippen molar-refractivity contribution in [3.8, 4) is 0 Å². The van der Waals surface area contributed by atoms with Gasteiger partial charge in [-0.3, -0.25) is 4.79 Å².